The van der Waals surface area contributed by atoms with Crippen molar-refractivity contribution in [3.8, 4) is 29.1 Å². The Morgan fingerprint density at radius 2 is 1.61 bits per heavy atom. The van der Waals surface area contributed by atoms with Gasteiger partial charge in [-0.25, -0.2) is 0 Å². The number of carbonyl (C=O) groups is 1. The summed E-state index contributed by atoms with van der Waals surface area (Å²) in [5.41, 5.74) is 1.99. The Hall–Kier alpha value is -3.91. The molecule has 28 heavy (non-hydrogen) atoms. The van der Waals surface area contributed by atoms with Gasteiger partial charge in [0, 0.05) is 12.1 Å². The lowest BCUT2D eigenvalue weighted by Crippen LogP contribution is -2.25. The van der Waals surface area contributed by atoms with E-state index in [-0.39, 0.29) is 28.4 Å². The molecule has 3 rings (SSSR count). The Bertz CT molecular complexity index is 1050. The molecule has 0 heterocycles. The van der Waals surface area contributed by atoms with Gasteiger partial charge in [0.15, 0.2) is 0 Å². The molecule has 0 atom stereocenters. The number of phenolic OH excluding ortho intramolecular Hbond substituents is 3. The predicted molar refractivity (Wildman–Crippen MR) is 106 cm³/mol. The molecule has 0 radical (unpaired) electrons. The minimum atomic E-state index is -0.391. The molecule has 0 aliphatic heterocycles. The summed E-state index contributed by atoms with van der Waals surface area (Å²) in [6.07, 6.45) is 0.684. The molecule has 0 saturated carbocycles. The first kappa shape index (κ1) is 18.9. The maximum atomic E-state index is 12.4. The van der Waals surface area contributed by atoms with Crippen molar-refractivity contribution in [2.24, 2.45) is 0 Å². The summed E-state index contributed by atoms with van der Waals surface area (Å²) < 4.78 is 0. The van der Waals surface area contributed by atoms with Gasteiger partial charge in [-0.15, -0.1) is 0 Å². The average Bonchev–Trinajstić information content (AvgIpc) is 2.70. The number of benzene rings is 3. The number of hydrogen-bond acceptors (Lipinski definition) is 4. The SMILES string of the molecule is O=C(NCCc1ccccc1)c1cc(C#Cc2cc(O)ccc2O)ccc1O. The third-order valence-corrected chi connectivity index (χ3v) is 4.10. The van der Waals surface area contributed by atoms with E-state index in [1.807, 2.05) is 30.3 Å². The van der Waals surface area contributed by atoms with Crippen LogP contribution in [0.4, 0.5) is 0 Å². The van der Waals surface area contributed by atoms with Gasteiger partial charge in [-0.05, 0) is 48.4 Å². The maximum Gasteiger partial charge on any atom is 0.255 e. The van der Waals surface area contributed by atoms with Crippen molar-refractivity contribution < 1.29 is 20.1 Å². The fourth-order valence-electron chi connectivity index (χ4n) is 2.62. The van der Waals surface area contributed by atoms with E-state index < -0.39 is 5.91 Å². The van der Waals surface area contributed by atoms with E-state index in [9.17, 15) is 20.1 Å². The van der Waals surface area contributed by atoms with Gasteiger partial charge in [0.05, 0.1) is 11.1 Å². The first-order valence-corrected chi connectivity index (χ1v) is 8.72. The van der Waals surface area contributed by atoms with Gasteiger partial charge in [-0.2, -0.15) is 0 Å². The van der Waals surface area contributed by atoms with Crippen LogP contribution in [0, 0.1) is 11.8 Å². The molecule has 0 bridgehead atoms. The van der Waals surface area contributed by atoms with Crippen molar-refractivity contribution in [2.45, 2.75) is 6.42 Å². The van der Waals surface area contributed by atoms with E-state index >= 15 is 0 Å². The van der Waals surface area contributed by atoms with E-state index in [4.69, 9.17) is 0 Å². The molecule has 1 amide bonds. The van der Waals surface area contributed by atoms with Gasteiger partial charge in [0.1, 0.15) is 17.2 Å². The van der Waals surface area contributed by atoms with E-state index in [2.05, 4.69) is 17.2 Å². The minimum absolute atomic E-state index is 0.00807. The lowest BCUT2D eigenvalue weighted by Gasteiger charge is -2.07. The second kappa shape index (κ2) is 8.65. The third-order valence-electron chi connectivity index (χ3n) is 4.10. The first-order valence-electron chi connectivity index (χ1n) is 8.72. The Kier molecular flexibility index (Phi) is 5.83. The highest BCUT2D eigenvalue weighted by molar-refractivity contribution is 5.97. The molecule has 4 N–H and O–H groups in total. The molecule has 5 heteroatoms. The predicted octanol–water partition coefficient (Wildman–Crippen LogP) is 3.18. The number of nitrogens with one attached hydrogen (secondary N) is 1. The van der Waals surface area contributed by atoms with Crippen LogP contribution in [0.1, 0.15) is 27.0 Å². The van der Waals surface area contributed by atoms with Crippen LogP contribution < -0.4 is 5.32 Å². The topological polar surface area (TPSA) is 89.8 Å². The van der Waals surface area contributed by atoms with Crippen LogP contribution in [0.3, 0.4) is 0 Å². The summed E-state index contributed by atoms with van der Waals surface area (Å²) in [6.45, 7) is 0.440. The largest absolute Gasteiger partial charge is 0.508 e. The Morgan fingerprint density at radius 3 is 2.39 bits per heavy atom. The van der Waals surface area contributed by atoms with Crippen LogP contribution in [-0.4, -0.2) is 27.8 Å². The number of amides is 1. The van der Waals surface area contributed by atoms with Crippen LogP contribution in [0.15, 0.2) is 66.7 Å². The Morgan fingerprint density at radius 1 is 0.857 bits per heavy atom. The summed E-state index contributed by atoms with van der Waals surface area (Å²) >= 11 is 0. The second-order valence-electron chi connectivity index (χ2n) is 6.17. The normalized spacial score (nSPS) is 10.0. The molecule has 0 fully saturated rings. The quantitative estimate of drug-likeness (QED) is 0.418. The lowest BCUT2D eigenvalue weighted by atomic mass is 10.1. The van der Waals surface area contributed by atoms with Gasteiger partial charge >= 0.3 is 0 Å². The van der Waals surface area contributed by atoms with Crippen LogP contribution >= 0.6 is 0 Å². The minimum Gasteiger partial charge on any atom is -0.508 e. The zero-order chi connectivity index (χ0) is 19.9. The zero-order valence-electron chi connectivity index (χ0n) is 15.0. The number of hydrogen-bond donors (Lipinski definition) is 4. The number of carbonyl (C=O) groups excluding carboxylic acids is 1. The summed E-state index contributed by atoms with van der Waals surface area (Å²) in [5.74, 6) is 4.98. The monoisotopic (exact) mass is 373 g/mol. The van der Waals surface area contributed by atoms with Crippen LogP contribution in [0.25, 0.3) is 0 Å². The van der Waals surface area contributed by atoms with E-state index in [0.717, 1.165) is 5.56 Å². The maximum absolute atomic E-state index is 12.4. The molecule has 3 aromatic carbocycles. The standard InChI is InChI=1S/C23H19NO4/c25-19-9-11-21(26)18(15-19)8-6-17-7-10-22(27)20(14-17)23(28)24-13-12-16-4-2-1-3-5-16/h1-5,7,9-11,14-15,25-27H,12-13H2,(H,24,28). The van der Waals surface area contributed by atoms with E-state index in [1.165, 1.54) is 30.3 Å². The van der Waals surface area contributed by atoms with E-state index in [1.54, 1.807) is 6.07 Å². The summed E-state index contributed by atoms with van der Waals surface area (Å²) in [5, 5.41) is 32.1. The van der Waals surface area contributed by atoms with Crippen LogP contribution in [0.2, 0.25) is 0 Å². The highest BCUT2D eigenvalue weighted by atomic mass is 16.3. The molecule has 140 valence electrons. The van der Waals surface area contributed by atoms with Crippen molar-refractivity contribution in [1.29, 1.82) is 0 Å². The fourth-order valence-corrected chi connectivity index (χ4v) is 2.62. The lowest BCUT2D eigenvalue weighted by molar-refractivity contribution is 0.0951. The molecule has 0 aliphatic carbocycles. The summed E-state index contributed by atoms with van der Waals surface area (Å²) in [6, 6.07) is 18.3. The van der Waals surface area contributed by atoms with Crippen molar-refractivity contribution in [3.05, 3.63) is 89.0 Å². The van der Waals surface area contributed by atoms with E-state index in [0.29, 0.717) is 18.5 Å². The second-order valence-corrected chi connectivity index (χ2v) is 6.17. The van der Waals surface area contributed by atoms with Gasteiger partial charge in [0.2, 0.25) is 0 Å². The highest BCUT2D eigenvalue weighted by Gasteiger charge is 2.11. The number of rotatable bonds is 4. The fraction of sp³-hybridized carbons (Fsp3) is 0.0870. The van der Waals surface area contributed by atoms with Crippen molar-refractivity contribution >= 4 is 5.91 Å². The van der Waals surface area contributed by atoms with Crippen molar-refractivity contribution in [3.63, 3.8) is 0 Å². The highest BCUT2D eigenvalue weighted by Crippen LogP contribution is 2.22. The molecule has 0 aliphatic rings. The molecule has 0 spiro atoms. The molecular weight excluding hydrogens is 354 g/mol. The molecule has 0 saturated heterocycles. The van der Waals surface area contributed by atoms with Gasteiger partial charge in [0.25, 0.3) is 5.91 Å². The van der Waals surface area contributed by atoms with Crippen LogP contribution in [0.5, 0.6) is 17.2 Å². The van der Waals surface area contributed by atoms with Crippen molar-refractivity contribution in [1.82, 2.24) is 5.32 Å². The Labute approximate surface area is 162 Å². The van der Waals surface area contributed by atoms with Gasteiger partial charge in [-0.1, -0.05) is 42.2 Å². The summed E-state index contributed by atoms with van der Waals surface area (Å²) in [7, 11) is 0. The molecule has 5 nitrogen and oxygen atoms in total. The van der Waals surface area contributed by atoms with Gasteiger partial charge in [-0.3, -0.25) is 4.79 Å². The zero-order valence-corrected chi connectivity index (χ0v) is 15.0. The Balaban J connectivity index is 1.72. The van der Waals surface area contributed by atoms with Crippen LogP contribution in [-0.2, 0) is 6.42 Å². The first-order chi connectivity index (χ1) is 13.5. The molecule has 0 aromatic heterocycles. The number of phenols is 3. The molecule has 0 unspecified atom stereocenters. The smallest absolute Gasteiger partial charge is 0.255 e. The van der Waals surface area contributed by atoms with Crippen molar-refractivity contribution in [2.75, 3.05) is 6.54 Å². The van der Waals surface area contributed by atoms with Gasteiger partial charge < -0.3 is 20.6 Å². The molecule has 3 aromatic rings. The average molecular weight is 373 g/mol. The third kappa shape index (κ3) is 4.83. The number of aromatic hydroxyl groups is 3. The molecular formula is C23H19NO4. The summed E-state index contributed by atoms with van der Waals surface area (Å²) in [4.78, 5) is 12.4.